The molecular weight excluding hydrogens is 823 g/mol. The molecule has 2 aromatic heterocycles. The maximum absolute atomic E-state index is 17.0. The van der Waals surface area contributed by atoms with Crippen molar-refractivity contribution in [1.29, 1.82) is 0 Å². The average molecular weight is 881 g/mol. The molecule has 5 aliphatic rings. The molecule has 2 bridgehead atoms. The van der Waals surface area contributed by atoms with Crippen molar-refractivity contribution in [2.45, 2.75) is 102 Å². The molecule has 64 heavy (non-hydrogen) atoms. The van der Waals surface area contributed by atoms with E-state index in [1.165, 1.54) is 24.3 Å². The van der Waals surface area contributed by atoms with Crippen LogP contribution in [0, 0.1) is 34.8 Å². The summed E-state index contributed by atoms with van der Waals surface area (Å²) >= 11 is 0. The molecule has 4 aliphatic heterocycles. The molecule has 9 rings (SSSR count). The summed E-state index contributed by atoms with van der Waals surface area (Å²) in [5.41, 5.74) is -0.604. The lowest BCUT2D eigenvalue weighted by molar-refractivity contribution is -0.139. The molecule has 4 N–H and O–H groups in total. The van der Waals surface area contributed by atoms with Crippen molar-refractivity contribution in [2.75, 3.05) is 63.9 Å². The van der Waals surface area contributed by atoms with E-state index in [0.29, 0.717) is 49.3 Å². The number of halogens is 2. The minimum atomic E-state index is -0.752. The molecule has 2 aromatic carbocycles. The number of fused-ring (bicyclic) bond motifs is 4. The Morgan fingerprint density at radius 2 is 1.80 bits per heavy atom. The predicted molar refractivity (Wildman–Crippen MR) is 238 cm³/mol. The van der Waals surface area contributed by atoms with Crippen LogP contribution in [0.3, 0.4) is 0 Å². The Morgan fingerprint density at radius 3 is 2.47 bits per heavy atom. The summed E-state index contributed by atoms with van der Waals surface area (Å²) in [4.78, 5) is 46.5. The van der Waals surface area contributed by atoms with E-state index in [1.54, 1.807) is 11.1 Å². The van der Waals surface area contributed by atoms with Gasteiger partial charge in [-0.05, 0) is 73.9 Å². The molecule has 1 aliphatic carbocycles. The van der Waals surface area contributed by atoms with Crippen LogP contribution in [0.15, 0.2) is 30.5 Å². The highest BCUT2D eigenvalue weighted by Crippen LogP contribution is 2.47. The quantitative estimate of drug-likeness (QED) is 0.135. The summed E-state index contributed by atoms with van der Waals surface area (Å²) in [6.07, 6.45) is 13.1. The third-order valence-corrected chi connectivity index (χ3v) is 13.7. The van der Waals surface area contributed by atoms with Crippen molar-refractivity contribution in [2.24, 2.45) is 10.8 Å². The van der Waals surface area contributed by atoms with Crippen LogP contribution < -0.4 is 20.3 Å². The standard InChI is InChI=1S/C48H58F2N8O6/c1-5-34-37(49)9-6-28-20-32(60)21-35(39(28)34)41-40(50)42-36(22-51-41)44(58-23-29-7-8-30(24-58)52-29)55-46(54-42)64-27-48(14-15-48)26-56-16-11-33(12-17-56)63-19-13-38(61)53-43(47(2,3)4)45(62)57-18-10-31(59)25-57/h1,6,9,20-22,29-31,33,43,52,59-60H,7-8,10-19,23-27H2,2-4H3,(H,53,61). The van der Waals surface area contributed by atoms with E-state index >= 15 is 4.39 Å². The van der Waals surface area contributed by atoms with Crippen molar-refractivity contribution in [3.63, 3.8) is 0 Å². The summed E-state index contributed by atoms with van der Waals surface area (Å²) < 4.78 is 44.6. The second-order valence-corrected chi connectivity index (χ2v) is 19.7. The number of piperazine rings is 1. The van der Waals surface area contributed by atoms with Gasteiger partial charge < -0.3 is 45.0 Å². The molecule has 4 unspecified atom stereocenters. The number of aliphatic hydroxyl groups is 1. The first-order chi connectivity index (χ1) is 30.7. The van der Waals surface area contributed by atoms with Crippen molar-refractivity contribution >= 4 is 39.3 Å². The SMILES string of the molecule is C#Cc1c(F)ccc2cc(O)cc(-c3ncc4c(N5CC6CCC(C5)N6)nc(OCC5(CN6CCC(OCCC(=O)NC(C(=O)N7CCC(O)C7)C(C)(C)C)CC6)CC5)nc4c3F)c12. The number of nitrogens with one attached hydrogen (secondary N) is 2. The number of ether oxygens (including phenoxy) is 2. The maximum Gasteiger partial charge on any atom is 0.319 e. The maximum atomic E-state index is 17.0. The van der Waals surface area contributed by atoms with Crippen molar-refractivity contribution in [1.82, 2.24) is 35.4 Å². The first kappa shape index (κ1) is 44.0. The highest BCUT2D eigenvalue weighted by atomic mass is 19.1. The van der Waals surface area contributed by atoms with Gasteiger partial charge in [-0.1, -0.05) is 32.8 Å². The topological polar surface area (TPSA) is 166 Å². The third kappa shape index (κ3) is 9.18. The second-order valence-electron chi connectivity index (χ2n) is 19.7. The van der Waals surface area contributed by atoms with E-state index in [0.717, 1.165) is 58.2 Å². The molecule has 5 fully saturated rings. The van der Waals surface area contributed by atoms with Crippen LogP contribution in [0.4, 0.5) is 14.6 Å². The number of hydrogen-bond donors (Lipinski definition) is 4. The number of benzene rings is 2. The zero-order chi connectivity index (χ0) is 44.9. The van der Waals surface area contributed by atoms with Crippen molar-refractivity contribution in [3.8, 4) is 35.4 Å². The van der Waals surface area contributed by atoms with Gasteiger partial charge in [-0.15, -0.1) is 6.42 Å². The molecule has 1 saturated carbocycles. The number of piperidine rings is 1. The van der Waals surface area contributed by atoms with Crippen LogP contribution >= 0.6 is 0 Å². The number of β-amino-alcohol motifs (C(OH)–C–C–N with tert-alkyl or cyclic N) is 1. The molecule has 4 atom stereocenters. The van der Waals surface area contributed by atoms with Crippen LogP contribution in [0.1, 0.15) is 77.7 Å². The number of terminal acetylenes is 1. The lowest BCUT2D eigenvalue weighted by atomic mass is 9.85. The van der Waals surface area contributed by atoms with Gasteiger partial charge in [0.05, 0.1) is 36.4 Å². The number of phenols is 1. The lowest BCUT2D eigenvalue weighted by Gasteiger charge is -2.35. The van der Waals surface area contributed by atoms with Crippen LogP contribution in [-0.4, -0.2) is 136 Å². The number of rotatable bonds is 13. The molecule has 4 aromatic rings. The smallest absolute Gasteiger partial charge is 0.319 e. The summed E-state index contributed by atoms with van der Waals surface area (Å²) in [7, 11) is 0. The summed E-state index contributed by atoms with van der Waals surface area (Å²) in [5.74, 6) is 1.01. The molecule has 14 nitrogen and oxygen atoms in total. The highest BCUT2D eigenvalue weighted by Gasteiger charge is 2.46. The monoisotopic (exact) mass is 880 g/mol. The Morgan fingerprint density at radius 1 is 1.05 bits per heavy atom. The van der Waals surface area contributed by atoms with Gasteiger partial charge in [-0.25, -0.2) is 8.78 Å². The number of aromatic nitrogens is 3. The number of pyridine rings is 1. The number of aromatic hydroxyl groups is 1. The van der Waals surface area contributed by atoms with Gasteiger partial charge >= 0.3 is 6.01 Å². The molecular formula is C48H58F2N8O6. The van der Waals surface area contributed by atoms with Crippen molar-refractivity contribution < 1.29 is 38.1 Å². The van der Waals surface area contributed by atoms with Gasteiger partial charge in [0, 0.05) is 86.9 Å². The largest absolute Gasteiger partial charge is 0.508 e. The number of anilines is 1. The Bertz CT molecular complexity index is 2470. The normalized spacial score (nSPS) is 22.8. The number of carbonyl (C=O) groups is 2. The Hall–Kier alpha value is -5.21. The van der Waals surface area contributed by atoms with Crippen LogP contribution in [-0.2, 0) is 14.3 Å². The van der Waals surface area contributed by atoms with Crippen LogP contribution in [0.5, 0.6) is 11.8 Å². The zero-order valence-corrected chi connectivity index (χ0v) is 36.8. The molecule has 4 saturated heterocycles. The van der Waals surface area contributed by atoms with Gasteiger partial charge in [-0.2, -0.15) is 9.97 Å². The second kappa shape index (κ2) is 17.6. The molecule has 340 valence electrons. The Labute approximate surface area is 372 Å². The number of carbonyl (C=O) groups excluding carboxylic acids is 2. The Kier molecular flexibility index (Phi) is 12.1. The number of nitrogens with zero attached hydrogens (tertiary/aromatic N) is 6. The number of aliphatic hydroxyl groups excluding tert-OH is 1. The fourth-order valence-electron chi connectivity index (χ4n) is 10.0. The lowest BCUT2D eigenvalue weighted by Crippen LogP contribution is -2.54. The predicted octanol–water partition coefficient (Wildman–Crippen LogP) is 4.90. The summed E-state index contributed by atoms with van der Waals surface area (Å²) in [6.45, 7) is 11.0. The number of amides is 2. The first-order valence-electron chi connectivity index (χ1n) is 22.7. The zero-order valence-electron chi connectivity index (χ0n) is 36.8. The van der Waals surface area contributed by atoms with E-state index in [1.807, 2.05) is 20.8 Å². The molecule has 0 radical (unpaired) electrons. The fourth-order valence-corrected chi connectivity index (χ4v) is 10.0. The first-order valence-corrected chi connectivity index (χ1v) is 22.7. The van der Waals surface area contributed by atoms with Gasteiger partial charge in [0.25, 0.3) is 0 Å². The fraction of sp³-hybridized carbons (Fsp3) is 0.562. The van der Waals surface area contributed by atoms with Crippen LogP contribution in [0.25, 0.3) is 32.9 Å². The number of phenolic OH excluding ortho intramolecular Hbond substituents is 1. The van der Waals surface area contributed by atoms with Gasteiger partial charge in [0.1, 0.15) is 34.6 Å². The minimum Gasteiger partial charge on any atom is -0.508 e. The number of hydrogen-bond acceptors (Lipinski definition) is 12. The third-order valence-electron chi connectivity index (χ3n) is 13.7. The molecule has 0 spiro atoms. The van der Waals surface area contributed by atoms with E-state index in [9.17, 15) is 24.2 Å². The van der Waals surface area contributed by atoms with Gasteiger partial charge in [-0.3, -0.25) is 14.6 Å². The molecule has 16 heteroatoms. The van der Waals surface area contributed by atoms with Gasteiger partial charge in [0.2, 0.25) is 11.8 Å². The Balaban J connectivity index is 0.853. The van der Waals surface area contributed by atoms with Gasteiger partial charge in [0.15, 0.2) is 5.82 Å². The molecule has 2 amide bonds. The number of likely N-dealkylation sites (tertiary alicyclic amines) is 2. The van der Waals surface area contributed by atoms with E-state index in [4.69, 9.17) is 20.9 Å². The van der Waals surface area contributed by atoms with Crippen molar-refractivity contribution in [3.05, 3.63) is 47.7 Å². The summed E-state index contributed by atoms with van der Waals surface area (Å²) in [5, 5.41) is 28.3. The summed E-state index contributed by atoms with van der Waals surface area (Å²) in [6, 6.07) is 5.45. The van der Waals surface area contributed by atoms with Crippen LogP contribution in [0.2, 0.25) is 0 Å². The highest BCUT2D eigenvalue weighted by molar-refractivity contribution is 6.03. The van der Waals surface area contributed by atoms with E-state index < -0.39 is 29.2 Å². The minimum absolute atomic E-state index is 0.0146. The molecule has 6 heterocycles. The van der Waals surface area contributed by atoms with E-state index in [2.05, 4.69) is 36.3 Å². The average Bonchev–Trinajstić information content (AvgIpc) is 3.75. The van der Waals surface area contributed by atoms with E-state index in [-0.39, 0.29) is 94.5 Å².